The van der Waals surface area contributed by atoms with Crippen LogP contribution in [0.15, 0.2) is 48.5 Å². The molecule has 3 rings (SSSR count). The van der Waals surface area contributed by atoms with Crippen molar-refractivity contribution >= 4 is 16.6 Å². The Morgan fingerprint density at radius 1 is 0.955 bits per heavy atom. The van der Waals surface area contributed by atoms with E-state index in [0.717, 1.165) is 28.0 Å². The molecule has 0 unspecified atom stereocenters. The molecule has 0 aliphatic rings. The van der Waals surface area contributed by atoms with Crippen LogP contribution in [-0.2, 0) is 5.41 Å². The Labute approximate surface area is 130 Å². The van der Waals surface area contributed by atoms with Crippen LogP contribution in [0.2, 0.25) is 0 Å². The van der Waals surface area contributed by atoms with Gasteiger partial charge in [-0.3, -0.25) is 0 Å². The van der Waals surface area contributed by atoms with Gasteiger partial charge in [0, 0.05) is 10.8 Å². The van der Waals surface area contributed by atoms with E-state index in [1.165, 1.54) is 0 Å². The molecule has 0 atom stereocenters. The molecular weight excluding hydrogens is 270 g/mol. The van der Waals surface area contributed by atoms with Crippen molar-refractivity contribution in [2.24, 2.45) is 0 Å². The van der Waals surface area contributed by atoms with Crippen LogP contribution in [0.4, 0.5) is 5.69 Å². The molecule has 1 aromatic heterocycles. The molecule has 3 heteroatoms. The van der Waals surface area contributed by atoms with Crippen LogP contribution >= 0.6 is 0 Å². The molecule has 0 aliphatic carbocycles. The quantitative estimate of drug-likeness (QED) is 0.580. The predicted molar refractivity (Wildman–Crippen MR) is 89.9 cm³/mol. The average molecular weight is 287 g/mol. The first-order valence-corrected chi connectivity index (χ1v) is 7.24. The summed E-state index contributed by atoms with van der Waals surface area (Å²) in [7, 11) is 0. The number of hydrogen-bond acceptors (Lipinski definition) is 2. The van der Waals surface area contributed by atoms with Gasteiger partial charge in [-0.15, -0.1) is 0 Å². The summed E-state index contributed by atoms with van der Waals surface area (Å²) in [6, 6.07) is 15.6. The zero-order valence-corrected chi connectivity index (χ0v) is 13.0. The van der Waals surface area contributed by atoms with Crippen molar-refractivity contribution in [2.45, 2.75) is 26.2 Å². The maximum Gasteiger partial charge on any atom is 0.187 e. The highest BCUT2D eigenvalue weighted by atomic mass is 14.9. The molecule has 0 spiro atoms. The van der Waals surface area contributed by atoms with Gasteiger partial charge in [-0.25, -0.2) is 14.8 Å². The van der Waals surface area contributed by atoms with Gasteiger partial charge in [0.25, 0.3) is 0 Å². The molecule has 0 amide bonds. The lowest BCUT2D eigenvalue weighted by atomic mass is 9.94. The van der Waals surface area contributed by atoms with Gasteiger partial charge in [0.1, 0.15) is 5.82 Å². The monoisotopic (exact) mass is 287 g/mol. The first kappa shape index (κ1) is 14.2. The van der Waals surface area contributed by atoms with Crippen LogP contribution in [-0.4, -0.2) is 9.97 Å². The van der Waals surface area contributed by atoms with Crippen molar-refractivity contribution in [1.29, 1.82) is 0 Å². The lowest BCUT2D eigenvalue weighted by Crippen LogP contribution is -2.16. The number of fused-ring (bicyclic) bond motifs is 1. The second kappa shape index (κ2) is 5.23. The van der Waals surface area contributed by atoms with Gasteiger partial charge in [0.15, 0.2) is 5.69 Å². The third-order valence-electron chi connectivity index (χ3n) is 3.52. The van der Waals surface area contributed by atoms with E-state index in [2.05, 4.69) is 25.6 Å². The van der Waals surface area contributed by atoms with Crippen LogP contribution in [0.1, 0.15) is 26.6 Å². The molecule has 3 aromatic rings. The summed E-state index contributed by atoms with van der Waals surface area (Å²) in [4.78, 5) is 13.0. The smallest absolute Gasteiger partial charge is 0.187 e. The SMILES string of the molecule is [C-]#[N+]c1cccc(-c2nc(C(C)(C)C)nc3ccccc23)c1. The number of nitrogens with zero attached hydrogens (tertiary/aromatic N) is 3. The molecular formula is C19H17N3. The Hall–Kier alpha value is -2.73. The van der Waals surface area contributed by atoms with E-state index in [1.54, 1.807) is 0 Å². The maximum absolute atomic E-state index is 7.20. The lowest BCUT2D eigenvalue weighted by Gasteiger charge is -2.18. The fourth-order valence-electron chi connectivity index (χ4n) is 2.35. The Bertz CT molecular complexity index is 883. The minimum Gasteiger partial charge on any atom is -0.238 e. The van der Waals surface area contributed by atoms with Gasteiger partial charge >= 0.3 is 0 Å². The highest BCUT2D eigenvalue weighted by Crippen LogP contribution is 2.31. The van der Waals surface area contributed by atoms with E-state index >= 15 is 0 Å². The Morgan fingerprint density at radius 2 is 1.73 bits per heavy atom. The van der Waals surface area contributed by atoms with Crippen molar-refractivity contribution in [1.82, 2.24) is 9.97 Å². The minimum atomic E-state index is -0.129. The third-order valence-corrected chi connectivity index (χ3v) is 3.52. The molecule has 0 radical (unpaired) electrons. The normalized spacial score (nSPS) is 11.4. The van der Waals surface area contributed by atoms with Crippen molar-refractivity contribution < 1.29 is 0 Å². The van der Waals surface area contributed by atoms with Crippen molar-refractivity contribution in [3.05, 3.63) is 65.8 Å². The fourth-order valence-corrected chi connectivity index (χ4v) is 2.35. The summed E-state index contributed by atoms with van der Waals surface area (Å²) >= 11 is 0. The molecule has 0 saturated heterocycles. The zero-order chi connectivity index (χ0) is 15.7. The summed E-state index contributed by atoms with van der Waals surface area (Å²) in [6.07, 6.45) is 0. The van der Waals surface area contributed by atoms with E-state index in [-0.39, 0.29) is 5.41 Å². The van der Waals surface area contributed by atoms with Gasteiger partial charge < -0.3 is 0 Å². The molecule has 1 heterocycles. The number of aromatic nitrogens is 2. The standard InChI is InChI=1S/C19H17N3/c1-19(2,3)18-21-16-11-6-5-10-15(16)17(22-18)13-8-7-9-14(12-13)20-4/h5-12H,1-3H3. The summed E-state index contributed by atoms with van der Waals surface area (Å²) in [5, 5.41) is 1.01. The molecule has 0 saturated carbocycles. The highest BCUT2D eigenvalue weighted by molar-refractivity contribution is 5.92. The van der Waals surface area contributed by atoms with E-state index < -0.39 is 0 Å². The van der Waals surface area contributed by atoms with Crippen molar-refractivity contribution in [3.8, 4) is 11.3 Å². The van der Waals surface area contributed by atoms with Crippen molar-refractivity contribution in [3.63, 3.8) is 0 Å². The van der Waals surface area contributed by atoms with Gasteiger partial charge in [-0.2, -0.15) is 0 Å². The van der Waals surface area contributed by atoms with Crippen LogP contribution < -0.4 is 0 Å². The maximum atomic E-state index is 7.20. The molecule has 0 aliphatic heterocycles. The van der Waals surface area contributed by atoms with Crippen LogP contribution in [0, 0.1) is 6.57 Å². The molecule has 0 fully saturated rings. The summed E-state index contributed by atoms with van der Waals surface area (Å²) in [5.41, 5.74) is 3.28. The highest BCUT2D eigenvalue weighted by Gasteiger charge is 2.20. The van der Waals surface area contributed by atoms with E-state index in [9.17, 15) is 0 Å². The average Bonchev–Trinajstić information content (AvgIpc) is 2.53. The van der Waals surface area contributed by atoms with Gasteiger partial charge in [0.05, 0.1) is 17.8 Å². The minimum absolute atomic E-state index is 0.129. The van der Waals surface area contributed by atoms with Gasteiger partial charge in [-0.1, -0.05) is 57.2 Å². The predicted octanol–water partition coefficient (Wildman–Crippen LogP) is 5.15. The van der Waals surface area contributed by atoms with Crippen LogP contribution in [0.3, 0.4) is 0 Å². The summed E-state index contributed by atoms with van der Waals surface area (Å²) < 4.78 is 0. The fraction of sp³-hybridized carbons (Fsp3) is 0.211. The second-order valence-electron chi connectivity index (χ2n) is 6.33. The van der Waals surface area contributed by atoms with Gasteiger partial charge in [-0.05, 0) is 17.7 Å². The molecule has 0 N–H and O–H groups in total. The molecule has 22 heavy (non-hydrogen) atoms. The lowest BCUT2D eigenvalue weighted by molar-refractivity contribution is 0.549. The number of para-hydroxylation sites is 1. The van der Waals surface area contributed by atoms with E-state index in [0.29, 0.717) is 5.69 Å². The Kier molecular flexibility index (Phi) is 3.38. The summed E-state index contributed by atoms with van der Waals surface area (Å²) in [6.45, 7) is 13.5. The number of benzene rings is 2. The first-order valence-electron chi connectivity index (χ1n) is 7.24. The summed E-state index contributed by atoms with van der Waals surface area (Å²) in [5.74, 6) is 0.814. The third kappa shape index (κ3) is 2.56. The molecule has 0 bridgehead atoms. The molecule has 3 nitrogen and oxygen atoms in total. The van der Waals surface area contributed by atoms with Crippen LogP contribution in [0.25, 0.3) is 27.0 Å². The largest absolute Gasteiger partial charge is 0.238 e. The Morgan fingerprint density at radius 3 is 2.45 bits per heavy atom. The first-order chi connectivity index (χ1) is 10.5. The zero-order valence-electron chi connectivity index (χ0n) is 13.0. The topological polar surface area (TPSA) is 30.1 Å². The van der Waals surface area contributed by atoms with E-state index in [1.807, 2.05) is 48.5 Å². The Balaban J connectivity index is 2.34. The van der Waals surface area contributed by atoms with Crippen molar-refractivity contribution in [2.75, 3.05) is 0 Å². The van der Waals surface area contributed by atoms with E-state index in [4.69, 9.17) is 16.5 Å². The van der Waals surface area contributed by atoms with Crippen LogP contribution in [0.5, 0.6) is 0 Å². The number of rotatable bonds is 1. The van der Waals surface area contributed by atoms with Gasteiger partial charge in [0.2, 0.25) is 0 Å². The number of hydrogen-bond donors (Lipinski definition) is 0. The molecule has 2 aromatic carbocycles. The second-order valence-corrected chi connectivity index (χ2v) is 6.33. The molecule has 108 valence electrons.